The highest BCUT2D eigenvalue weighted by atomic mass is 79.9. The van der Waals surface area contributed by atoms with Gasteiger partial charge in [0.15, 0.2) is 0 Å². The van der Waals surface area contributed by atoms with E-state index in [0.717, 1.165) is 38.5 Å². The molecule has 108 valence electrons. The van der Waals surface area contributed by atoms with Gasteiger partial charge in [-0.1, -0.05) is 34.5 Å². The maximum atomic E-state index is 11.1. The summed E-state index contributed by atoms with van der Waals surface area (Å²) in [5.74, 6) is -0.796. The summed E-state index contributed by atoms with van der Waals surface area (Å²) in [4.78, 5) is 11.1. The van der Waals surface area contributed by atoms with Gasteiger partial charge in [-0.05, 0) is 49.3 Å². The molecule has 4 heteroatoms. The number of nitrogens with one attached hydrogen (secondary N) is 1. The van der Waals surface area contributed by atoms with E-state index >= 15 is 0 Å². The van der Waals surface area contributed by atoms with Gasteiger partial charge in [0.1, 0.15) is 0 Å². The summed E-state index contributed by atoms with van der Waals surface area (Å²) in [7, 11) is 0. The molecule has 1 aromatic rings. The van der Waals surface area contributed by atoms with Crippen molar-refractivity contribution in [2.75, 3.05) is 0 Å². The number of hydrogen-bond acceptors (Lipinski definition) is 2. The lowest BCUT2D eigenvalue weighted by molar-refractivity contribution is -0.143. The highest BCUT2D eigenvalue weighted by molar-refractivity contribution is 9.10. The van der Waals surface area contributed by atoms with Crippen LogP contribution in [-0.2, 0) is 11.2 Å². The van der Waals surface area contributed by atoms with Crippen LogP contribution in [-0.4, -0.2) is 17.1 Å². The van der Waals surface area contributed by atoms with E-state index in [2.05, 4.69) is 39.4 Å². The lowest BCUT2D eigenvalue weighted by Gasteiger charge is -2.30. The molecule has 2 aliphatic rings. The van der Waals surface area contributed by atoms with E-state index < -0.39 is 5.97 Å². The van der Waals surface area contributed by atoms with Crippen molar-refractivity contribution in [3.63, 3.8) is 0 Å². The summed E-state index contributed by atoms with van der Waals surface area (Å²) in [5, 5.41) is 12.9. The number of hydrogen-bond donors (Lipinski definition) is 2. The number of rotatable bonds is 3. The number of fused-ring (bicyclic) bond motifs is 1. The minimum Gasteiger partial charge on any atom is -0.481 e. The van der Waals surface area contributed by atoms with Crippen LogP contribution in [0.2, 0.25) is 0 Å². The molecule has 3 nitrogen and oxygen atoms in total. The molecule has 0 amide bonds. The van der Waals surface area contributed by atoms with Gasteiger partial charge in [0.25, 0.3) is 0 Å². The molecule has 0 aliphatic heterocycles. The monoisotopic (exact) mass is 337 g/mol. The molecule has 0 aromatic heterocycles. The first-order valence-corrected chi connectivity index (χ1v) is 8.20. The second-order valence-electron chi connectivity index (χ2n) is 5.96. The van der Waals surface area contributed by atoms with Crippen LogP contribution in [0.25, 0.3) is 0 Å². The Balaban J connectivity index is 1.68. The molecular formula is C16H20BrNO2. The highest BCUT2D eigenvalue weighted by Gasteiger charge is 2.31. The average Bonchev–Trinajstić information content (AvgIpc) is 2.84. The fourth-order valence-corrected chi connectivity index (χ4v) is 4.21. The first-order chi connectivity index (χ1) is 9.65. The van der Waals surface area contributed by atoms with Crippen LogP contribution in [0.5, 0.6) is 0 Å². The predicted octanol–water partition coefficient (Wildman–Crippen LogP) is 3.67. The molecule has 0 bridgehead atoms. The second kappa shape index (κ2) is 5.86. The van der Waals surface area contributed by atoms with Crippen LogP contribution in [0.1, 0.15) is 49.3 Å². The van der Waals surface area contributed by atoms with Crippen LogP contribution >= 0.6 is 15.9 Å². The minimum absolute atomic E-state index is 0.162. The normalized spacial score (nSPS) is 29.1. The van der Waals surface area contributed by atoms with Crippen LogP contribution in [0.4, 0.5) is 0 Å². The number of carbonyl (C=O) groups is 1. The summed E-state index contributed by atoms with van der Waals surface area (Å²) < 4.78 is 1.20. The quantitative estimate of drug-likeness (QED) is 0.884. The van der Waals surface area contributed by atoms with Crippen molar-refractivity contribution in [2.24, 2.45) is 5.92 Å². The highest BCUT2D eigenvalue weighted by Crippen LogP contribution is 2.37. The number of halogens is 1. The van der Waals surface area contributed by atoms with Crippen LogP contribution in [0, 0.1) is 5.92 Å². The molecule has 1 saturated carbocycles. The summed E-state index contributed by atoms with van der Waals surface area (Å²) >= 11 is 3.62. The van der Waals surface area contributed by atoms with Gasteiger partial charge < -0.3 is 10.4 Å². The Morgan fingerprint density at radius 3 is 2.95 bits per heavy atom. The van der Waals surface area contributed by atoms with E-state index in [9.17, 15) is 9.90 Å². The van der Waals surface area contributed by atoms with E-state index in [1.54, 1.807) is 0 Å². The van der Waals surface area contributed by atoms with Gasteiger partial charge in [0, 0.05) is 16.6 Å². The van der Waals surface area contributed by atoms with Crippen molar-refractivity contribution in [2.45, 2.75) is 50.6 Å². The first kappa shape index (κ1) is 14.1. The lowest BCUT2D eigenvalue weighted by atomic mass is 9.85. The Bertz CT molecular complexity index is 517. The van der Waals surface area contributed by atoms with E-state index in [1.807, 2.05) is 0 Å². The van der Waals surface area contributed by atoms with Crippen molar-refractivity contribution in [3.8, 4) is 0 Å². The molecule has 0 saturated heterocycles. The van der Waals surface area contributed by atoms with E-state index in [0.29, 0.717) is 12.1 Å². The number of carboxylic acids is 1. The van der Waals surface area contributed by atoms with Gasteiger partial charge >= 0.3 is 5.97 Å². The number of carboxylic acid groups (broad SMARTS) is 1. The maximum absolute atomic E-state index is 11.1. The third kappa shape index (κ3) is 2.77. The number of benzene rings is 1. The molecule has 1 aromatic carbocycles. The third-order valence-electron chi connectivity index (χ3n) is 4.67. The number of aliphatic carboxylic acids is 1. The van der Waals surface area contributed by atoms with E-state index in [-0.39, 0.29) is 5.92 Å². The van der Waals surface area contributed by atoms with Crippen LogP contribution in [0.15, 0.2) is 22.7 Å². The largest absolute Gasteiger partial charge is 0.481 e. The van der Waals surface area contributed by atoms with Gasteiger partial charge in [-0.15, -0.1) is 0 Å². The van der Waals surface area contributed by atoms with Crippen molar-refractivity contribution in [3.05, 3.63) is 33.8 Å². The van der Waals surface area contributed by atoms with Crippen LogP contribution in [0.3, 0.4) is 0 Å². The smallest absolute Gasteiger partial charge is 0.306 e. The molecule has 0 heterocycles. The SMILES string of the molecule is O=C(O)C1CCCC(NC2CCc3c(Br)cccc32)C1. The van der Waals surface area contributed by atoms with Gasteiger partial charge in [0.05, 0.1) is 5.92 Å². The van der Waals surface area contributed by atoms with E-state index in [4.69, 9.17) is 0 Å². The van der Waals surface area contributed by atoms with Crippen molar-refractivity contribution >= 4 is 21.9 Å². The minimum atomic E-state index is -0.633. The molecule has 0 radical (unpaired) electrons. The summed E-state index contributed by atoms with van der Waals surface area (Å²) in [6.07, 6.45) is 5.95. The first-order valence-electron chi connectivity index (χ1n) is 7.41. The van der Waals surface area contributed by atoms with Crippen molar-refractivity contribution in [1.29, 1.82) is 0 Å². The Kier molecular flexibility index (Phi) is 4.13. The molecule has 20 heavy (non-hydrogen) atoms. The zero-order chi connectivity index (χ0) is 14.1. The molecule has 2 N–H and O–H groups in total. The topological polar surface area (TPSA) is 49.3 Å². The fraction of sp³-hybridized carbons (Fsp3) is 0.562. The van der Waals surface area contributed by atoms with Gasteiger partial charge in [-0.25, -0.2) is 0 Å². The van der Waals surface area contributed by atoms with Crippen LogP contribution < -0.4 is 5.32 Å². The average molecular weight is 338 g/mol. The molecule has 0 spiro atoms. The molecule has 3 unspecified atom stereocenters. The summed E-state index contributed by atoms with van der Waals surface area (Å²) in [5.41, 5.74) is 2.80. The van der Waals surface area contributed by atoms with Gasteiger partial charge in [-0.3, -0.25) is 4.79 Å². The lowest BCUT2D eigenvalue weighted by Crippen LogP contribution is -2.38. The third-order valence-corrected chi connectivity index (χ3v) is 5.42. The molecule has 3 atom stereocenters. The van der Waals surface area contributed by atoms with E-state index in [1.165, 1.54) is 15.6 Å². The standard InChI is InChI=1S/C16H20BrNO2/c17-14-6-2-5-13-12(14)7-8-15(13)18-11-4-1-3-10(9-11)16(19)20/h2,5-6,10-11,15,18H,1,3-4,7-9H2,(H,19,20). The Hall–Kier alpha value is -0.870. The Morgan fingerprint density at radius 1 is 1.30 bits per heavy atom. The van der Waals surface area contributed by atoms with Gasteiger partial charge in [0.2, 0.25) is 0 Å². The molecule has 3 rings (SSSR count). The van der Waals surface area contributed by atoms with Crippen molar-refractivity contribution < 1.29 is 9.90 Å². The zero-order valence-corrected chi connectivity index (χ0v) is 13.0. The zero-order valence-electron chi connectivity index (χ0n) is 11.4. The van der Waals surface area contributed by atoms with Crippen molar-refractivity contribution in [1.82, 2.24) is 5.32 Å². The predicted molar refractivity (Wildman–Crippen MR) is 81.7 cm³/mol. The molecule has 2 aliphatic carbocycles. The Labute approximate surface area is 127 Å². The maximum Gasteiger partial charge on any atom is 0.306 e. The molecular weight excluding hydrogens is 318 g/mol. The fourth-order valence-electron chi connectivity index (χ4n) is 3.63. The second-order valence-corrected chi connectivity index (χ2v) is 6.82. The molecule has 1 fully saturated rings. The summed E-state index contributed by atoms with van der Waals surface area (Å²) in [6.45, 7) is 0. The van der Waals surface area contributed by atoms with Gasteiger partial charge in [-0.2, -0.15) is 0 Å². The summed E-state index contributed by atoms with van der Waals surface area (Å²) in [6, 6.07) is 7.12. The Morgan fingerprint density at radius 2 is 2.15 bits per heavy atom.